The minimum atomic E-state index is -4.28. The zero-order valence-electron chi connectivity index (χ0n) is 42.3. The van der Waals surface area contributed by atoms with E-state index in [1.807, 2.05) is 21.1 Å². The molecule has 0 saturated carbocycles. The lowest BCUT2D eigenvalue weighted by Crippen LogP contribution is -2.37. The van der Waals surface area contributed by atoms with Crippen molar-refractivity contribution >= 4 is 13.8 Å². The highest BCUT2D eigenvalue weighted by molar-refractivity contribution is 7.47. The van der Waals surface area contributed by atoms with Crippen molar-refractivity contribution in [2.45, 2.75) is 251 Å². The first-order chi connectivity index (χ1) is 30.6. The van der Waals surface area contributed by atoms with Gasteiger partial charge in [-0.15, -0.1) is 0 Å². The number of likely N-dealkylation sites (N-methyl/N-ethyl adjacent to an activating group) is 1. The monoisotopic (exact) mass is 911 g/mol. The van der Waals surface area contributed by atoms with E-state index in [2.05, 4.69) is 50.3 Å². The van der Waals surface area contributed by atoms with E-state index in [9.17, 15) is 14.3 Å². The van der Waals surface area contributed by atoms with Crippen molar-refractivity contribution in [3.63, 3.8) is 0 Å². The molecule has 2 atom stereocenters. The molecule has 0 rings (SSSR count). The number of phosphoric ester groups is 1. The second kappa shape index (κ2) is 47.2. The molecule has 0 aromatic heterocycles. The quantitative estimate of drug-likeness (QED) is 0.0214. The first-order valence-corrected chi connectivity index (χ1v) is 28.2. The van der Waals surface area contributed by atoms with Gasteiger partial charge in [-0.05, 0) is 70.6 Å². The average molecular weight is 911 g/mol. The second-order valence-electron chi connectivity index (χ2n) is 19.3. The number of carbonyl (C=O) groups excluding carboxylic acids is 1. The molecule has 1 N–H and O–H groups in total. The van der Waals surface area contributed by atoms with Crippen LogP contribution < -0.4 is 0 Å². The Morgan fingerprint density at radius 2 is 0.873 bits per heavy atom. The first kappa shape index (κ1) is 61.7. The van der Waals surface area contributed by atoms with E-state index < -0.39 is 13.9 Å². The van der Waals surface area contributed by atoms with Crippen molar-refractivity contribution in [2.75, 3.05) is 54.1 Å². The minimum absolute atomic E-state index is 0.0882. The predicted molar refractivity (Wildman–Crippen MR) is 270 cm³/mol. The Hall–Kier alpha value is -1.28. The fourth-order valence-electron chi connectivity index (χ4n) is 7.52. The van der Waals surface area contributed by atoms with Crippen molar-refractivity contribution in [2.24, 2.45) is 0 Å². The van der Waals surface area contributed by atoms with Gasteiger partial charge in [0.1, 0.15) is 19.3 Å². The molecule has 0 saturated heterocycles. The number of nitrogens with zero attached hydrogens (tertiary/aromatic N) is 1. The lowest BCUT2D eigenvalue weighted by atomic mass is 10.1. The Bertz CT molecular complexity index is 1100. The molecule has 0 spiro atoms. The molecule has 0 amide bonds. The van der Waals surface area contributed by atoms with E-state index >= 15 is 0 Å². The van der Waals surface area contributed by atoms with Crippen molar-refractivity contribution in [3.8, 4) is 0 Å². The molecule has 372 valence electrons. The fraction of sp³-hybridized carbons (Fsp3) is 0.870. The average Bonchev–Trinajstić information content (AvgIpc) is 3.24. The van der Waals surface area contributed by atoms with Crippen molar-refractivity contribution < 1.29 is 37.3 Å². The van der Waals surface area contributed by atoms with Gasteiger partial charge in [-0.3, -0.25) is 13.8 Å². The number of allylic oxidation sites excluding steroid dienone is 6. The fourth-order valence-corrected chi connectivity index (χ4v) is 8.26. The molecule has 0 heterocycles. The van der Waals surface area contributed by atoms with Crippen LogP contribution in [0.15, 0.2) is 36.5 Å². The van der Waals surface area contributed by atoms with E-state index in [0.29, 0.717) is 24.1 Å². The summed E-state index contributed by atoms with van der Waals surface area (Å²) in [5, 5.41) is 0. The Morgan fingerprint density at radius 3 is 1.33 bits per heavy atom. The van der Waals surface area contributed by atoms with Gasteiger partial charge < -0.3 is 18.9 Å². The molecule has 0 aliphatic rings. The van der Waals surface area contributed by atoms with Crippen LogP contribution in [0.3, 0.4) is 0 Å². The number of hydrogen-bond acceptors (Lipinski definition) is 6. The van der Waals surface area contributed by atoms with Gasteiger partial charge in [0.15, 0.2) is 0 Å². The summed E-state index contributed by atoms with van der Waals surface area (Å²) in [5.41, 5.74) is 0. The molecule has 0 radical (unpaired) electrons. The SMILES string of the molecule is CCCCC/C=C\C/C=C\CCCCCCCCCCCCOCC(COP(=O)(O)OCC[N+](C)(C)C)OC(=O)CCCCCCCCCCC/C=C\CCCCCCCCCC. The van der Waals surface area contributed by atoms with Crippen molar-refractivity contribution in [1.29, 1.82) is 0 Å². The Labute approximate surface area is 391 Å². The number of unbranched alkanes of at least 4 members (excludes halogenated alkanes) is 30. The van der Waals surface area contributed by atoms with Crippen LogP contribution >= 0.6 is 7.82 Å². The van der Waals surface area contributed by atoms with Crippen LogP contribution in [0.5, 0.6) is 0 Å². The summed E-state index contributed by atoms with van der Waals surface area (Å²) in [7, 11) is 1.67. The van der Waals surface area contributed by atoms with E-state index in [0.717, 1.165) is 38.5 Å². The van der Waals surface area contributed by atoms with Crippen LogP contribution in [-0.2, 0) is 27.9 Å². The largest absolute Gasteiger partial charge is 0.472 e. The third-order valence-electron chi connectivity index (χ3n) is 11.7. The van der Waals surface area contributed by atoms with Crippen molar-refractivity contribution in [1.82, 2.24) is 0 Å². The van der Waals surface area contributed by atoms with E-state index in [4.69, 9.17) is 18.5 Å². The molecule has 0 bridgehead atoms. The molecule has 63 heavy (non-hydrogen) atoms. The summed E-state index contributed by atoms with van der Waals surface area (Å²) in [4.78, 5) is 23.0. The number of quaternary nitrogens is 1. The zero-order valence-corrected chi connectivity index (χ0v) is 43.2. The Balaban J connectivity index is 4.12. The summed E-state index contributed by atoms with van der Waals surface area (Å²) in [6.07, 6.45) is 57.6. The highest BCUT2D eigenvalue weighted by Crippen LogP contribution is 2.43. The van der Waals surface area contributed by atoms with E-state index in [1.165, 1.54) is 186 Å². The second-order valence-corrected chi connectivity index (χ2v) is 20.7. The third kappa shape index (κ3) is 51.6. The van der Waals surface area contributed by atoms with Gasteiger partial charge in [0.25, 0.3) is 0 Å². The van der Waals surface area contributed by atoms with Crippen LogP contribution in [-0.4, -0.2) is 75.6 Å². The molecule has 0 aromatic carbocycles. The topological polar surface area (TPSA) is 91.3 Å². The number of ether oxygens (including phenoxy) is 2. The van der Waals surface area contributed by atoms with E-state index in [1.54, 1.807) is 0 Å². The van der Waals surface area contributed by atoms with Crippen LogP contribution in [0.2, 0.25) is 0 Å². The van der Waals surface area contributed by atoms with Gasteiger partial charge in [0.05, 0.1) is 34.4 Å². The number of rotatable bonds is 50. The standard InChI is InChI=1S/C54H104NO7P/c1-6-8-10-12-14-16-18-20-22-24-26-28-29-31-33-35-37-39-41-43-45-47-54(56)62-53(52-61-63(57,58)60-50-48-55(3,4)5)51-59-49-46-44-42-40-38-36-34-32-30-27-25-23-21-19-17-15-13-11-9-7-2/h15,17,21,23-24,26,53H,6-14,16,18-20,22,25,27-52H2,1-5H3/p+1/b17-15-,23-21-,26-24-. The molecule has 2 unspecified atom stereocenters. The van der Waals surface area contributed by atoms with Gasteiger partial charge in [0, 0.05) is 13.0 Å². The molecule has 0 aliphatic carbocycles. The summed E-state index contributed by atoms with van der Waals surface area (Å²) in [6.45, 7) is 5.63. The maximum absolute atomic E-state index is 12.8. The zero-order chi connectivity index (χ0) is 46.2. The summed E-state index contributed by atoms with van der Waals surface area (Å²) in [5.74, 6) is -0.314. The number of esters is 1. The van der Waals surface area contributed by atoms with Crippen molar-refractivity contribution in [3.05, 3.63) is 36.5 Å². The van der Waals surface area contributed by atoms with Crippen LogP contribution in [0.25, 0.3) is 0 Å². The molecule has 0 fully saturated rings. The molecule has 0 aliphatic heterocycles. The summed E-state index contributed by atoms with van der Waals surface area (Å²) < 4.78 is 35.2. The highest BCUT2D eigenvalue weighted by atomic mass is 31.2. The normalized spacial score (nSPS) is 13.8. The van der Waals surface area contributed by atoms with Gasteiger partial charge in [-0.1, -0.05) is 204 Å². The van der Waals surface area contributed by atoms with E-state index in [-0.39, 0.29) is 25.8 Å². The van der Waals surface area contributed by atoms with Gasteiger partial charge >= 0.3 is 13.8 Å². The minimum Gasteiger partial charge on any atom is -0.457 e. The predicted octanol–water partition coefficient (Wildman–Crippen LogP) is 16.5. The van der Waals surface area contributed by atoms with Gasteiger partial charge in [-0.2, -0.15) is 0 Å². The van der Waals surface area contributed by atoms with Crippen LogP contribution in [0.1, 0.15) is 245 Å². The molecule has 0 aromatic rings. The lowest BCUT2D eigenvalue weighted by molar-refractivity contribution is -0.870. The highest BCUT2D eigenvalue weighted by Gasteiger charge is 2.26. The van der Waals surface area contributed by atoms with Gasteiger partial charge in [-0.25, -0.2) is 4.57 Å². The van der Waals surface area contributed by atoms with Crippen LogP contribution in [0, 0.1) is 0 Å². The smallest absolute Gasteiger partial charge is 0.457 e. The Morgan fingerprint density at radius 1 is 0.492 bits per heavy atom. The van der Waals surface area contributed by atoms with Gasteiger partial charge in [0.2, 0.25) is 0 Å². The third-order valence-corrected chi connectivity index (χ3v) is 12.7. The maximum atomic E-state index is 12.8. The number of phosphoric acid groups is 1. The molecular formula is C54H105NO7P+. The molecule has 9 heteroatoms. The molecular weight excluding hydrogens is 806 g/mol. The first-order valence-electron chi connectivity index (χ1n) is 26.7. The molecule has 8 nitrogen and oxygen atoms in total. The summed E-state index contributed by atoms with van der Waals surface area (Å²) in [6, 6.07) is 0. The van der Waals surface area contributed by atoms with Crippen LogP contribution in [0.4, 0.5) is 0 Å². The lowest BCUT2D eigenvalue weighted by Gasteiger charge is -2.24. The Kier molecular flexibility index (Phi) is 46.3. The number of hydrogen-bond donors (Lipinski definition) is 1. The summed E-state index contributed by atoms with van der Waals surface area (Å²) >= 11 is 0. The maximum Gasteiger partial charge on any atom is 0.472 e. The number of carbonyl (C=O) groups is 1.